The molecule has 3 rings (SSSR count). The van der Waals surface area contributed by atoms with Gasteiger partial charge in [0.1, 0.15) is 11.9 Å². The average Bonchev–Trinajstić information content (AvgIpc) is 3.41. The maximum atomic E-state index is 13.3. The maximum absolute atomic E-state index is 13.3. The van der Waals surface area contributed by atoms with Crippen LogP contribution in [-0.4, -0.2) is 55.1 Å². The Hall–Kier alpha value is -2.78. The summed E-state index contributed by atoms with van der Waals surface area (Å²) in [6, 6.07) is 11.8. The fourth-order valence-electron chi connectivity index (χ4n) is 4.07. The molecule has 2 amide bonds. The van der Waals surface area contributed by atoms with Gasteiger partial charge in [-0.25, -0.2) is 12.8 Å². The molecule has 1 fully saturated rings. The number of hydrogen-bond donors (Lipinski definition) is 1. The number of amides is 2. The summed E-state index contributed by atoms with van der Waals surface area (Å²) in [5.74, 6) is -0.809. The van der Waals surface area contributed by atoms with E-state index in [9.17, 15) is 22.4 Å². The van der Waals surface area contributed by atoms with Crippen molar-refractivity contribution in [2.75, 3.05) is 19.6 Å². The van der Waals surface area contributed by atoms with Gasteiger partial charge < -0.3 is 10.2 Å². The molecule has 0 radical (unpaired) electrons. The number of carbonyl (C=O) groups excluding carboxylic acids is 2. The van der Waals surface area contributed by atoms with E-state index in [1.807, 2.05) is 6.92 Å². The number of rotatable bonds is 11. The Labute approximate surface area is 207 Å². The minimum Gasteiger partial charge on any atom is -0.354 e. The molecule has 1 aliphatic heterocycles. The molecular formula is C26H34FN3O4S. The zero-order valence-corrected chi connectivity index (χ0v) is 21.2. The summed E-state index contributed by atoms with van der Waals surface area (Å²) in [4.78, 5) is 27.5. The van der Waals surface area contributed by atoms with E-state index in [0.717, 1.165) is 30.4 Å². The van der Waals surface area contributed by atoms with Gasteiger partial charge in [-0.15, -0.1) is 0 Å². The zero-order chi connectivity index (χ0) is 25.4. The highest BCUT2D eigenvalue weighted by atomic mass is 32.2. The summed E-state index contributed by atoms with van der Waals surface area (Å²) in [5.41, 5.74) is 1.56. The molecule has 2 aromatic rings. The zero-order valence-electron chi connectivity index (χ0n) is 20.4. The van der Waals surface area contributed by atoms with E-state index in [1.54, 1.807) is 43.3 Å². The molecule has 1 N–H and O–H groups in total. The lowest BCUT2D eigenvalue weighted by Gasteiger charge is -2.29. The Morgan fingerprint density at radius 1 is 1.03 bits per heavy atom. The summed E-state index contributed by atoms with van der Waals surface area (Å²) in [7, 11) is -3.48. The van der Waals surface area contributed by atoms with E-state index < -0.39 is 16.1 Å². The first kappa shape index (κ1) is 26.8. The molecule has 0 aromatic heterocycles. The van der Waals surface area contributed by atoms with Crippen LogP contribution in [0.2, 0.25) is 0 Å². The average molecular weight is 504 g/mol. The molecule has 2 aromatic carbocycles. The lowest BCUT2D eigenvalue weighted by Crippen LogP contribution is -2.47. The second-order valence-corrected chi connectivity index (χ2v) is 10.8. The van der Waals surface area contributed by atoms with Crippen LogP contribution in [0.25, 0.3) is 0 Å². The number of sulfonamides is 1. The minimum atomic E-state index is -3.48. The third-order valence-electron chi connectivity index (χ3n) is 6.24. The standard InChI is InChI=1S/C26H34FN3O4S/c1-3-16-28-26(32)20(2)30(19-22-6-11-23(27)12-7-22)25(31)15-10-21-8-13-24(14-9-21)35(33,34)29-17-4-5-18-29/h6-9,11-14,20H,3-5,10,15-19H2,1-2H3,(H,28,32). The first-order valence-electron chi connectivity index (χ1n) is 12.1. The Kier molecular flexibility index (Phi) is 9.40. The predicted molar refractivity (Wildman–Crippen MR) is 132 cm³/mol. The fraction of sp³-hybridized carbons (Fsp3) is 0.462. The fourth-order valence-corrected chi connectivity index (χ4v) is 5.58. The van der Waals surface area contributed by atoms with Gasteiger partial charge in [0, 0.05) is 32.6 Å². The van der Waals surface area contributed by atoms with Gasteiger partial charge in [-0.2, -0.15) is 4.31 Å². The van der Waals surface area contributed by atoms with Crippen molar-refractivity contribution in [3.8, 4) is 0 Å². The molecule has 1 heterocycles. The summed E-state index contributed by atoms with van der Waals surface area (Å²) >= 11 is 0. The van der Waals surface area contributed by atoms with Crippen LogP contribution < -0.4 is 5.32 Å². The number of nitrogens with zero attached hydrogens (tertiary/aromatic N) is 2. The van der Waals surface area contributed by atoms with Crippen molar-refractivity contribution in [2.24, 2.45) is 0 Å². The molecular weight excluding hydrogens is 469 g/mol. The third kappa shape index (κ3) is 7.11. The van der Waals surface area contributed by atoms with Crippen molar-refractivity contribution in [3.63, 3.8) is 0 Å². The highest BCUT2D eigenvalue weighted by molar-refractivity contribution is 7.89. The number of halogens is 1. The molecule has 7 nitrogen and oxygen atoms in total. The Bertz CT molecular complexity index is 1100. The molecule has 0 spiro atoms. The van der Waals surface area contributed by atoms with Gasteiger partial charge in [-0.1, -0.05) is 31.2 Å². The quantitative estimate of drug-likeness (QED) is 0.509. The van der Waals surface area contributed by atoms with Crippen LogP contribution in [0.4, 0.5) is 4.39 Å². The van der Waals surface area contributed by atoms with E-state index in [0.29, 0.717) is 26.1 Å². The topological polar surface area (TPSA) is 86.8 Å². The van der Waals surface area contributed by atoms with E-state index in [4.69, 9.17) is 0 Å². The third-order valence-corrected chi connectivity index (χ3v) is 8.15. The summed E-state index contributed by atoms with van der Waals surface area (Å²) in [5, 5.41) is 2.83. The molecule has 0 saturated carbocycles. The lowest BCUT2D eigenvalue weighted by atomic mass is 10.1. The molecule has 1 unspecified atom stereocenters. The highest BCUT2D eigenvalue weighted by Crippen LogP contribution is 2.22. The van der Waals surface area contributed by atoms with Crippen LogP contribution in [0, 0.1) is 5.82 Å². The van der Waals surface area contributed by atoms with E-state index in [-0.39, 0.29) is 35.5 Å². The van der Waals surface area contributed by atoms with E-state index in [2.05, 4.69) is 5.32 Å². The molecule has 35 heavy (non-hydrogen) atoms. The SMILES string of the molecule is CCCNC(=O)C(C)N(Cc1ccc(F)cc1)C(=O)CCc1ccc(S(=O)(=O)N2CCCC2)cc1. The largest absolute Gasteiger partial charge is 0.354 e. The van der Waals surface area contributed by atoms with Crippen LogP contribution in [0.3, 0.4) is 0 Å². The van der Waals surface area contributed by atoms with Gasteiger partial charge in [0.25, 0.3) is 0 Å². The van der Waals surface area contributed by atoms with Gasteiger partial charge in [0.05, 0.1) is 4.90 Å². The Morgan fingerprint density at radius 2 is 1.63 bits per heavy atom. The first-order chi connectivity index (χ1) is 16.7. The summed E-state index contributed by atoms with van der Waals surface area (Å²) < 4.78 is 40.3. The molecule has 0 bridgehead atoms. The molecule has 1 atom stereocenters. The predicted octanol–water partition coefficient (Wildman–Crippen LogP) is 3.49. The second kappa shape index (κ2) is 12.3. The Morgan fingerprint density at radius 3 is 2.23 bits per heavy atom. The number of benzene rings is 2. The van der Waals surface area contributed by atoms with E-state index >= 15 is 0 Å². The Balaban J connectivity index is 1.68. The summed E-state index contributed by atoms with van der Waals surface area (Å²) in [6.07, 6.45) is 3.11. The molecule has 9 heteroatoms. The van der Waals surface area contributed by atoms with Crippen LogP contribution in [0.1, 0.15) is 50.7 Å². The van der Waals surface area contributed by atoms with Crippen LogP contribution in [0.5, 0.6) is 0 Å². The van der Waals surface area contributed by atoms with Gasteiger partial charge in [-0.05, 0) is 68.0 Å². The van der Waals surface area contributed by atoms with Crippen molar-refractivity contribution < 1.29 is 22.4 Å². The molecule has 1 saturated heterocycles. The van der Waals surface area contributed by atoms with Crippen molar-refractivity contribution >= 4 is 21.8 Å². The van der Waals surface area contributed by atoms with Crippen molar-refractivity contribution in [2.45, 2.75) is 63.4 Å². The minimum absolute atomic E-state index is 0.158. The van der Waals surface area contributed by atoms with Crippen molar-refractivity contribution in [3.05, 3.63) is 65.5 Å². The van der Waals surface area contributed by atoms with Crippen LogP contribution in [0.15, 0.2) is 53.4 Å². The normalized spacial score (nSPS) is 15.1. The van der Waals surface area contributed by atoms with E-state index in [1.165, 1.54) is 21.3 Å². The van der Waals surface area contributed by atoms with Crippen molar-refractivity contribution in [1.29, 1.82) is 0 Å². The van der Waals surface area contributed by atoms with Gasteiger partial charge >= 0.3 is 0 Å². The number of hydrogen-bond acceptors (Lipinski definition) is 4. The van der Waals surface area contributed by atoms with Gasteiger partial charge in [0.2, 0.25) is 21.8 Å². The molecule has 1 aliphatic rings. The smallest absolute Gasteiger partial charge is 0.243 e. The number of aryl methyl sites for hydroxylation is 1. The van der Waals surface area contributed by atoms with Crippen LogP contribution >= 0.6 is 0 Å². The first-order valence-corrected chi connectivity index (χ1v) is 13.6. The lowest BCUT2D eigenvalue weighted by molar-refractivity contribution is -0.140. The van der Waals surface area contributed by atoms with Gasteiger partial charge in [-0.3, -0.25) is 9.59 Å². The van der Waals surface area contributed by atoms with Crippen LogP contribution in [-0.2, 0) is 32.6 Å². The highest BCUT2D eigenvalue weighted by Gasteiger charge is 2.28. The van der Waals surface area contributed by atoms with Crippen molar-refractivity contribution in [1.82, 2.24) is 14.5 Å². The van der Waals surface area contributed by atoms with Gasteiger partial charge in [0.15, 0.2) is 0 Å². The molecule has 190 valence electrons. The number of carbonyl (C=O) groups is 2. The maximum Gasteiger partial charge on any atom is 0.243 e. The summed E-state index contributed by atoms with van der Waals surface area (Å²) in [6.45, 7) is 5.44. The number of nitrogens with one attached hydrogen (secondary N) is 1. The molecule has 0 aliphatic carbocycles. The monoisotopic (exact) mass is 503 g/mol. The second-order valence-electron chi connectivity index (χ2n) is 8.87.